The first-order chi connectivity index (χ1) is 12.2. The highest BCUT2D eigenvalue weighted by Crippen LogP contribution is 2.03. The Labute approximate surface area is 157 Å². The molecule has 0 aliphatic rings. The molecule has 0 aliphatic carbocycles. The van der Waals surface area contributed by atoms with Crippen molar-refractivity contribution in [2.75, 3.05) is 25.1 Å². The molecule has 1 unspecified atom stereocenters. The fourth-order valence-electron chi connectivity index (χ4n) is 2.59. The lowest BCUT2D eigenvalue weighted by Crippen LogP contribution is -2.43. The van der Waals surface area contributed by atoms with Gasteiger partial charge in [-0.1, -0.05) is 33.1 Å². The molecule has 0 amide bonds. The molecule has 2 N–H and O–H groups in total. The number of aryl methyl sites for hydroxylation is 1. The number of guanidine groups is 1. The van der Waals surface area contributed by atoms with E-state index in [0.717, 1.165) is 50.0 Å². The molecule has 1 heterocycles. The number of rotatable bonds is 13. The van der Waals surface area contributed by atoms with Gasteiger partial charge in [0.25, 0.3) is 0 Å². The lowest BCUT2D eigenvalue weighted by Gasteiger charge is -2.18. The average Bonchev–Trinajstić information content (AvgIpc) is 3.06. The number of hydrogen-bond acceptors (Lipinski definition) is 4. The number of nitrogens with one attached hydrogen (secondary N) is 2. The van der Waals surface area contributed by atoms with Gasteiger partial charge >= 0.3 is 0 Å². The largest absolute Gasteiger partial charge is 0.355 e. The van der Waals surface area contributed by atoms with Crippen molar-refractivity contribution in [2.45, 2.75) is 71.9 Å². The van der Waals surface area contributed by atoms with Crippen molar-refractivity contribution in [3.05, 3.63) is 12.2 Å². The van der Waals surface area contributed by atoms with Gasteiger partial charge in [0.2, 0.25) is 0 Å². The summed E-state index contributed by atoms with van der Waals surface area (Å²) in [5.41, 5.74) is 0. The monoisotopic (exact) mass is 368 g/mol. The summed E-state index contributed by atoms with van der Waals surface area (Å²) in [7, 11) is 0. The third-order valence-electron chi connectivity index (χ3n) is 4.06. The van der Waals surface area contributed by atoms with E-state index in [9.17, 15) is 0 Å². The van der Waals surface area contributed by atoms with Crippen molar-refractivity contribution >= 4 is 17.7 Å². The van der Waals surface area contributed by atoms with E-state index < -0.39 is 0 Å². The Hall–Kier alpha value is -1.24. The Morgan fingerprint density at radius 3 is 2.88 bits per heavy atom. The Balaban J connectivity index is 2.46. The van der Waals surface area contributed by atoms with E-state index in [2.05, 4.69) is 52.4 Å². The highest BCUT2D eigenvalue weighted by Gasteiger charge is 2.06. The maximum absolute atomic E-state index is 4.73. The van der Waals surface area contributed by atoms with Crippen LogP contribution < -0.4 is 10.6 Å². The van der Waals surface area contributed by atoms with Gasteiger partial charge in [0.05, 0.1) is 0 Å². The van der Waals surface area contributed by atoms with Gasteiger partial charge < -0.3 is 15.2 Å². The molecule has 7 heteroatoms. The molecule has 0 saturated heterocycles. The van der Waals surface area contributed by atoms with Crippen LogP contribution in [0.4, 0.5) is 0 Å². The summed E-state index contributed by atoms with van der Waals surface area (Å²) >= 11 is 1.87. The van der Waals surface area contributed by atoms with E-state index in [-0.39, 0.29) is 0 Å². The van der Waals surface area contributed by atoms with Gasteiger partial charge in [0, 0.05) is 32.1 Å². The molecule has 0 bridgehead atoms. The fraction of sp³-hybridized carbons (Fsp3) is 0.833. The zero-order chi connectivity index (χ0) is 18.3. The number of aliphatic imine (C=N–C) groups is 1. The van der Waals surface area contributed by atoms with Crippen molar-refractivity contribution in [1.82, 2.24) is 25.4 Å². The standard InChI is InChI=1S/C18H36N6S/c1-5-7-8-10-16(3)22-18(19-11-9-14-25-4)20-12-13-24-15-21-23-17(24)6-2/h15-16H,5-14H2,1-4H3,(H2,19,20,22). The molecule has 0 spiro atoms. The lowest BCUT2D eigenvalue weighted by atomic mass is 10.1. The lowest BCUT2D eigenvalue weighted by molar-refractivity contribution is 0.542. The predicted octanol–water partition coefficient (Wildman–Crippen LogP) is 3.10. The zero-order valence-corrected chi connectivity index (χ0v) is 17.2. The normalized spacial score (nSPS) is 13.0. The van der Waals surface area contributed by atoms with Gasteiger partial charge in [-0.2, -0.15) is 11.8 Å². The van der Waals surface area contributed by atoms with Crippen molar-refractivity contribution in [3.8, 4) is 0 Å². The van der Waals surface area contributed by atoms with Crippen LogP contribution >= 0.6 is 11.8 Å². The van der Waals surface area contributed by atoms with E-state index in [1.165, 1.54) is 25.7 Å². The fourth-order valence-corrected chi connectivity index (χ4v) is 3.01. The zero-order valence-electron chi connectivity index (χ0n) is 16.4. The van der Waals surface area contributed by atoms with Gasteiger partial charge in [-0.15, -0.1) is 10.2 Å². The Morgan fingerprint density at radius 2 is 2.16 bits per heavy atom. The first kappa shape index (κ1) is 21.8. The van der Waals surface area contributed by atoms with Crippen molar-refractivity contribution in [2.24, 2.45) is 4.99 Å². The predicted molar refractivity (Wildman–Crippen MR) is 109 cm³/mol. The molecular weight excluding hydrogens is 332 g/mol. The van der Waals surface area contributed by atoms with Crippen LogP contribution in [-0.2, 0) is 13.0 Å². The summed E-state index contributed by atoms with van der Waals surface area (Å²) in [5.74, 6) is 3.11. The highest BCUT2D eigenvalue weighted by atomic mass is 32.2. The Kier molecular flexibility index (Phi) is 12.2. The van der Waals surface area contributed by atoms with Gasteiger partial charge in [0.15, 0.2) is 5.96 Å². The molecular formula is C18H36N6S. The molecule has 0 fully saturated rings. The van der Waals surface area contributed by atoms with Crippen LogP contribution in [0.1, 0.15) is 58.7 Å². The number of nitrogens with zero attached hydrogens (tertiary/aromatic N) is 4. The molecule has 144 valence electrons. The third kappa shape index (κ3) is 9.72. The molecule has 0 aliphatic heterocycles. The second-order valence-corrected chi connectivity index (χ2v) is 7.32. The van der Waals surface area contributed by atoms with Crippen LogP contribution in [0.3, 0.4) is 0 Å². The number of aromatic nitrogens is 3. The minimum absolute atomic E-state index is 0.444. The molecule has 25 heavy (non-hydrogen) atoms. The van der Waals surface area contributed by atoms with E-state index in [1.807, 2.05) is 11.8 Å². The van der Waals surface area contributed by atoms with Crippen LogP contribution in [0.15, 0.2) is 11.3 Å². The minimum atomic E-state index is 0.444. The SMILES string of the molecule is CCCCCC(C)NC(=NCCCSC)NCCn1cnnc1CC. The van der Waals surface area contributed by atoms with E-state index in [0.29, 0.717) is 6.04 Å². The molecule has 1 atom stereocenters. The van der Waals surface area contributed by atoms with E-state index in [4.69, 9.17) is 4.99 Å². The van der Waals surface area contributed by atoms with Crippen molar-refractivity contribution < 1.29 is 0 Å². The van der Waals surface area contributed by atoms with Gasteiger partial charge in [0.1, 0.15) is 12.2 Å². The van der Waals surface area contributed by atoms with Gasteiger partial charge in [-0.25, -0.2) is 0 Å². The Bertz CT molecular complexity index is 474. The van der Waals surface area contributed by atoms with Crippen molar-refractivity contribution in [3.63, 3.8) is 0 Å². The number of thioether (sulfide) groups is 1. The summed E-state index contributed by atoms with van der Waals surface area (Å²) in [4.78, 5) is 4.73. The summed E-state index contributed by atoms with van der Waals surface area (Å²) in [6, 6.07) is 0.444. The maximum atomic E-state index is 4.73. The average molecular weight is 369 g/mol. The number of unbranched alkanes of at least 4 members (excludes halogenated alkanes) is 2. The summed E-state index contributed by atoms with van der Waals surface area (Å²) in [6.07, 6.45) is 11.0. The van der Waals surface area contributed by atoms with Gasteiger partial charge in [-0.3, -0.25) is 4.99 Å². The van der Waals surface area contributed by atoms with Crippen LogP contribution in [-0.4, -0.2) is 51.9 Å². The summed E-state index contributed by atoms with van der Waals surface area (Å²) in [5, 5.41) is 15.1. The minimum Gasteiger partial charge on any atom is -0.355 e. The second-order valence-electron chi connectivity index (χ2n) is 6.34. The van der Waals surface area contributed by atoms with Gasteiger partial charge in [-0.05, 0) is 31.8 Å². The number of hydrogen-bond donors (Lipinski definition) is 2. The Morgan fingerprint density at radius 1 is 1.32 bits per heavy atom. The molecule has 1 aromatic rings. The van der Waals surface area contributed by atoms with Crippen LogP contribution in [0.25, 0.3) is 0 Å². The second kappa shape index (κ2) is 14.0. The first-order valence-corrected chi connectivity index (χ1v) is 11.0. The highest BCUT2D eigenvalue weighted by molar-refractivity contribution is 7.98. The smallest absolute Gasteiger partial charge is 0.191 e. The first-order valence-electron chi connectivity index (χ1n) is 9.61. The molecule has 1 aromatic heterocycles. The third-order valence-corrected chi connectivity index (χ3v) is 4.75. The van der Waals surface area contributed by atoms with Crippen LogP contribution in [0.5, 0.6) is 0 Å². The molecule has 0 radical (unpaired) electrons. The molecule has 6 nitrogen and oxygen atoms in total. The van der Waals surface area contributed by atoms with Crippen molar-refractivity contribution in [1.29, 1.82) is 0 Å². The van der Waals surface area contributed by atoms with Crippen LogP contribution in [0.2, 0.25) is 0 Å². The topological polar surface area (TPSA) is 67.1 Å². The summed E-state index contributed by atoms with van der Waals surface area (Å²) < 4.78 is 2.10. The van der Waals surface area contributed by atoms with Crippen LogP contribution in [0, 0.1) is 0 Å². The molecule has 1 rings (SSSR count). The molecule has 0 aromatic carbocycles. The maximum Gasteiger partial charge on any atom is 0.191 e. The van der Waals surface area contributed by atoms with E-state index >= 15 is 0 Å². The quantitative estimate of drug-likeness (QED) is 0.318. The summed E-state index contributed by atoms with van der Waals surface area (Å²) in [6.45, 7) is 9.13. The van der Waals surface area contributed by atoms with E-state index in [1.54, 1.807) is 6.33 Å². The molecule has 0 saturated carbocycles.